The number of likely N-dealkylation sites (tertiary alicyclic amines) is 1. The van der Waals surface area contributed by atoms with E-state index in [2.05, 4.69) is 16.0 Å². The minimum absolute atomic E-state index is 0.0213. The Morgan fingerprint density at radius 2 is 2.04 bits per heavy atom. The Kier molecular flexibility index (Phi) is 5.76. The maximum Gasteiger partial charge on any atom is 0.309 e. The average Bonchev–Trinajstić information content (AvgIpc) is 2.63. The molecule has 132 valence electrons. The van der Waals surface area contributed by atoms with Gasteiger partial charge in [-0.1, -0.05) is 12.1 Å². The fraction of sp³-hybridized carbons (Fsp3) is 0.400. The molecule has 1 aliphatic rings. The predicted molar refractivity (Wildman–Crippen MR) is 94.3 cm³/mol. The summed E-state index contributed by atoms with van der Waals surface area (Å²) in [5, 5.41) is 0. The number of pyridine rings is 1. The number of ether oxygens (including phenoxy) is 1. The van der Waals surface area contributed by atoms with Gasteiger partial charge in [-0.15, -0.1) is 0 Å². The molecule has 0 aliphatic carbocycles. The van der Waals surface area contributed by atoms with E-state index in [0.717, 1.165) is 49.2 Å². The number of halogens is 1. The van der Waals surface area contributed by atoms with Gasteiger partial charge in [-0.2, -0.15) is 0 Å². The molecule has 0 unspecified atom stereocenters. The highest BCUT2D eigenvalue weighted by molar-refractivity contribution is 5.72. The molecule has 0 radical (unpaired) electrons. The maximum atomic E-state index is 13.4. The van der Waals surface area contributed by atoms with Crippen LogP contribution < -0.4 is 0 Å². The van der Waals surface area contributed by atoms with Crippen molar-refractivity contribution in [2.45, 2.75) is 26.3 Å². The lowest BCUT2D eigenvalue weighted by Gasteiger charge is -2.30. The first-order valence-electron chi connectivity index (χ1n) is 8.74. The summed E-state index contributed by atoms with van der Waals surface area (Å²) in [5.41, 5.74) is 2.84. The van der Waals surface area contributed by atoms with E-state index in [0.29, 0.717) is 6.61 Å². The first-order valence-corrected chi connectivity index (χ1v) is 8.74. The van der Waals surface area contributed by atoms with E-state index < -0.39 is 0 Å². The van der Waals surface area contributed by atoms with Gasteiger partial charge < -0.3 is 4.74 Å². The maximum absolute atomic E-state index is 13.4. The van der Waals surface area contributed by atoms with Crippen LogP contribution in [0, 0.1) is 11.7 Å². The number of benzene rings is 1. The molecule has 1 fully saturated rings. The number of aromatic nitrogens is 1. The lowest BCUT2D eigenvalue weighted by Crippen LogP contribution is -2.36. The summed E-state index contributed by atoms with van der Waals surface area (Å²) in [6.07, 6.45) is 5.26. The molecule has 0 atom stereocenters. The zero-order valence-corrected chi connectivity index (χ0v) is 14.5. The fourth-order valence-corrected chi connectivity index (χ4v) is 3.25. The summed E-state index contributed by atoms with van der Waals surface area (Å²) in [6, 6.07) is 8.60. The Morgan fingerprint density at radius 1 is 1.24 bits per heavy atom. The summed E-state index contributed by atoms with van der Waals surface area (Å²) in [6.45, 7) is 4.80. The topological polar surface area (TPSA) is 42.4 Å². The number of nitrogens with zero attached hydrogens (tertiary/aromatic N) is 2. The number of carbonyl (C=O) groups excluding carboxylic acids is 1. The zero-order chi connectivity index (χ0) is 17.6. The zero-order valence-electron chi connectivity index (χ0n) is 14.5. The number of esters is 1. The Bertz CT molecular complexity index is 727. The highest BCUT2D eigenvalue weighted by atomic mass is 19.1. The Labute approximate surface area is 147 Å². The second-order valence-corrected chi connectivity index (χ2v) is 6.39. The summed E-state index contributed by atoms with van der Waals surface area (Å²) in [5.74, 6) is -0.297. The molecule has 25 heavy (non-hydrogen) atoms. The predicted octanol–water partition coefficient (Wildman–Crippen LogP) is 3.66. The molecule has 0 N–H and O–H groups in total. The third-order valence-electron chi connectivity index (χ3n) is 4.57. The molecule has 3 rings (SSSR count). The normalized spacial score (nSPS) is 15.9. The standard InChI is InChI=1S/C20H23FN2O2/c1-2-25-20(24)16-6-8-23(9-7-16)14-15-10-18(13-22-12-15)17-4-3-5-19(21)11-17/h3-5,10-13,16H,2,6-9,14H2,1H3. The van der Waals surface area contributed by atoms with Crippen molar-refractivity contribution in [3.8, 4) is 11.1 Å². The molecule has 1 aliphatic heterocycles. The van der Waals surface area contributed by atoms with Crippen LogP contribution in [0.1, 0.15) is 25.3 Å². The first kappa shape index (κ1) is 17.5. The molecular weight excluding hydrogens is 319 g/mol. The third-order valence-corrected chi connectivity index (χ3v) is 4.57. The molecule has 1 saturated heterocycles. The van der Waals surface area contributed by atoms with E-state index in [1.54, 1.807) is 12.3 Å². The van der Waals surface area contributed by atoms with Crippen molar-refractivity contribution in [1.82, 2.24) is 9.88 Å². The Hall–Kier alpha value is -2.27. The van der Waals surface area contributed by atoms with Crippen LogP contribution in [0.15, 0.2) is 42.7 Å². The van der Waals surface area contributed by atoms with Crippen LogP contribution >= 0.6 is 0 Å². The highest BCUT2D eigenvalue weighted by Gasteiger charge is 2.25. The average molecular weight is 342 g/mol. The second kappa shape index (κ2) is 8.21. The van der Waals surface area contributed by atoms with Gasteiger partial charge in [0.1, 0.15) is 5.82 Å². The van der Waals surface area contributed by atoms with Crippen molar-refractivity contribution >= 4 is 5.97 Å². The van der Waals surface area contributed by atoms with Gasteiger partial charge in [0.15, 0.2) is 0 Å². The quantitative estimate of drug-likeness (QED) is 0.778. The van der Waals surface area contributed by atoms with Gasteiger partial charge in [0.25, 0.3) is 0 Å². The monoisotopic (exact) mass is 342 g/mol. The minimum Gasteiger partial charge on any atom is -0.466 e. The van der Waals surface area contributed by atoms with Gasteiger partial charge >= 0.3 is 5.97 Å². The van der Waals surface area contributed by atoms with Crippen LogP contribution in [-0.2, 0) is 16.1 Å². The molecule has 5 heteroatoms. The minimum atomic E-state index is -0.246. The van der Waals surface area contributed by atoms with Crippen LogP contribution in [0.25, 0.3) is 11.1 Å². The largest absolute Gasteiger partial charge is 0.466 e. The molecule has 4 nitrogen and oxygen atoms in total. The molecule has 0 bridgehead atoms. The summed E-state index contributed by atoms with van der Waals surface area (Å²) in [4.78, 5) is 18.4. The second-order valence-electron chi connectivity index (χ2n) is 6.39. The van der Waals surface area contributed by atoms with Gasteiger partial charge in [-0.05, 0) is 62.2 Å². The van der Waals surface area contributed by atoms with E-state index in [4.69, 9.17) is 4.74 Å². The molecule has 0 amide bonds. The van der Waals surface area contributed by atoms with Crippen LogP contribution in [-0.4, -0.2) is 35.5 Å². The fourth-order valence-electron chi connectivity index (χ4n) is 3.25. The number of carbonyl (C=O) groups is 1. The van der Waals surface area contributed by atoms with Crippen molar-refractivity contribution in [2.75, 3.05) is 19.7 Å². The van der Waals surface area contributed by atoms with Crippen molar-refractivity contribution in [1.29, 1.82) is 0 Å². The van der Waals surface area contributed by atoms with Crippen molar-refractivity contribution < 1.29 is 13.9 Å². The SMILES string of the molecule is CCOC(=O)C1CCN(Cc2cncc(-c3cccc(F)c3)c2)CC1. The lowest BCUT2D eigenvalue weighted by molar-refractivity contribution is -0.149. The van der Waals surface area contributed by atoms with E-state index in [9.17, 15) is 9.18 Å². The lowest BCUT2D eigenvalue weighted by atomic mass is 9.96. The molecular formula is C20H23FN2O2. The Morgan fingerprint density at radius 3 is 2.76 bits per heavy atom. The summed E-state index contributed by atoms with van der Waals surface area (Å²) in [7, 11) is 0. The van der Waals surface area contributed by atoms with Gasteiger partial charge in [0, 0.05) is 24.5 Å². The molecule has 2 aromatic rings. The van der Waals surface area contributed by atoms with Crippen molar-refractivity contribution in [3.63, 3.8) is 0 Å². The van der Waals surface area contributed by atoms with E-state index in [-0.39, 0.29) is 17.7 Å². The molecule has 1 aromatic heterocycles. The van der Waals surface area contributed by atoms with Gasteiger partial charge in [0.05, 0.1) is 12.5 Å². The van der Waals surface area contributed by atoms with Gasteiger partial charge in [0.2, 0.25) is 0 Å². The smallest absolute Gasteiger partial charge is 0.309 e. The van der Waals surface area contributed by atoms with Crippen LogP contribution in [0.3, 0.4) is 0 Å². The van der Waals surface area contributed by atoms with Crippen LogP contribution in [0.5, 0.6) is 0 Å². The number of rotatable bonds is 5. The van der Waals surface area contributed by atoms with Crippen LogP contribution in [0.4, 0.5) is 4.39 Å². The third kappa shape index (κ3) is 4.63. The van der Waals surface area contributed by atoms with Crippen molar-refractivity contribution in [3.05, 3.63) is 54.1 Å². The van der Waals surface area contributed by atoms with E-state index in [1.807, 2.05) is 19.2 Å². The van der Waals surface area contributed by atoms with Crippen molar-refractivity contribution in [2.24, 2.45) is 5.92 Å². The van der Waals surface area contributed by atoms with Gasteiger partial charge in [-0.25, -0.2) is 4.39 Å². The number of piperidine rings is 1. The molecule has 1 aromatic carbocycles. The number of hydrogen-bond donors (Lipinski definition) is 0. The summed E-state index contributed by atoms with van der Waals surface area (Å²) >= 11 is 0. The molecule has 0 saturated carbocycles. The molecule has 2 heterocycles. The van der Waals surface area contributed by atoms with E-state index >= 15 is 0 Å². The summed E-state index contributed by atoms with van der Waals surface area (Å²) < 4.78 is 18.5. The van der Waals surface area contributed by atoms with Crippen LogP contribution in [0.2, 0.25) is 0 Å². The van der Waals surface area contributed by atoms with Gasteiger partial charge in [-0.3, -0.25) is 14.7 Å². The number of hydrogen-bond acceptors (Lipinski definition) is 4. The molecule has 0 spiro atoms. The highest BCUT2D eigenvalue weighted by Crippen LogP contribution is 2.23. The Balaban J connectivity index is 1.61. The first-order chi connectivity index (χ1) is 12.2. The van der Waals surface area contributed by atoms with E-state index in [1.165, 1.54) is 12.1 Å².